The van der Waals surface area contributed by atoms with Crippen LogP contribution in [0.5, 0.6) is 5.75 Å². The van der Waals surface area contributed by atoms with Gasteiger partial charge >= 0.3 is 5.97 Å². The van der Waals surface area contributed by atoms with Crippen molar-refractivity contribution in [3.63, 3.8) is 0 Å². The van der Waals surface area contributed by atoms with Crippen LogP contribution < -0.4 is 0 Å². The molecule has 0 spiro atoms. The molecule has 2 atom stereocenters. The molecule has 4 saturated carbocycles. The largest absolute Gasteiger partial charge is 0.508 e. The van der Waals surface area contributed by atoms with Gasteiger partial charge in [0.2, 0.25) is 0 Å². The van der Waals surface area contributed by atoms with Crippen LogP contribution >= 0.6 is 0 Å². The van der Waals surface area contributed by atoms with Crippen molar-refractivity contribution in [1.29, 1.82) is 0 Å². The van der Waals surface area contributed by atoms with Crippen molar-refractivity contribution in [3.05, 3.63) is 29.8 Å². The molecule has 106 valence electrons. The molecule has 20 heavy (non-hydrogen) atoms. The number of rotatable bonds is 2. The van der Waals surface area contributed by atoms with Gasteiger partial charge in [0.25, 0.3) is 0 Å². The number of carboxylic acids is 1. The summed E-state index contributed by atoms with van der Waals surface area (Å²) in [5, 5.41) is 19.1. The standard InChI is InChI=1S/C17H20O3/c18-14-3-1-11(2-4-14)15-12-5-10-6-13(15)9-17(7-10,8-12)16(19)20/h1-4,10,12-13,15,18H,5-9H2,(H,19,20). The maximum absolute atomic E-state index is 11.7. The molecule has 0 aromatic heterocycles. The molecule has 0 amide bonds. The van der Waals surface area contributed by atoms with E-state index in [0.717, 1.165) is 19.3 Å². The molecule has 2 N–H and O–H groups in total. The van der Waals surface area contributed by atoms with Crippen LogP contribution in [-0.2, 0) is 4.79 Å². The SMILES string of the molecule is O=C(O)C12CC3CC(C1)C(c1ccc(O)cc1)C(C3)C2. The minimum Gasteiger partial charge on any atom is -0.508 e. The van der Waals surface area contributed by atoms with E-state index in [2.05, 4.69) is 0 Å². The van der Waals surface area contributed by atoms with Crippen molar-refractivity contribution in [3.8, 4) is 5.75 Å². The average Bonchev–Trinajstić information content (AvgIpc) is 2.39. The zero-order valence-corrected chi connectivity index (χ0v) is 11.5. The molecule has 5 rings (SSSR count). The van der Waals surface area contributed by atoms with Crippen LogP contribution in [0.15, 0.2) is 24.3 Å². The van der Waals surface area contributed by atoms with Crippen molar-refractivity contribution in [2.45, 2.75) is 38.0 Å². The van der Waals surface area contributed by atoms with Gasteiger partial charge in [-0.15, -0.1) is 0 Å². The molecule has 0 saturated heterocycles. The Balaban J connectivity index is 1.69. The predicted octanol–water partition coefficient (Wildman–Crippen LogP) is 3.39. The third kappa shape index (κ3) is 1.62. The highest BCUT2D eigenvalue weighted by Gasteiger charge is 2.58. The van der Waals surface area contributed by atoms with E-state index < -0.39 is 11.4 Å². The van der Waals surface area contributed by atoms with Crippen LogP contribution in [0.2, 0.25) is 0 Å². The summed E-state index contributed by atoms with van der Waals surface area (Å²) in [5.41, 5.74) is 0.862. The van der Waals surface area contributed by atoms with Crippen LogP contribution in [0.1, 0.15) is 43.6 Å². The molecular formula is C17H20O3. The van der Waals surface area contributed by atoms with E-state index in [1.807, 2.05) is 12.1 Å². The summed E-state index contributed by atoms with van der Waals surface area (Å²) in [6.45, 7) is 0. The summed E-state index contributed by atoms with van der Waals surface area (Å²) in [6, 6.07) is 7.56. The minimum absolute atomic E-state index is 0.305. The summed E-state index contributed by atoms with van der Waals surface area (Å²) in [4.78, 5) is 11.7. The van der Waals surface area contributed by atoms with E-state index in [0.29, 0.717) is 29.4 Å². The maximum Gasteiger partial charge on any atom is 0.309 e. The molecule has 2 unspecified atom stereocenters. The highest BCUT2D eigenvalue weighted by molar-refractivity contribution is 5.75. The summed E-state index contributed by atoms with van der Waals surface area (Å²) in [5.74, 6) is 1.89. The number of carboxylic acid groups (broad SMARTS) is 1. The molecular weight excluding hydrogens is 252 g/mol. The van der Waals surface area contributed by atoms with E-state index in [1.165, 1.54) is 18.4 Å². The van der Waals surface area contributed by atoms with E-state index in [9.17, 15) is 15.0 Å². The number of carbonyl (C=O) groups is 1. The van der Waals surface area contributed by atoms with Crippen LogP contribution in [0.3, 0.4) is 0 Å². The van der Waals surface area contributed by atoms with Gasteiger partial charge in [0.1, 0.15) is 5.75 Å². The second-order valence-corrected chi connectivity index (χ2v) is 7.17. The second kappa shape index (κ2) is 4.00. The summed E-state index contributed by atoms with van der Waals surface area (Å²) >= 11 is 0. The first-order chi connectivity index (χ1) is 9.57. The number of hydrogen-bond acceptors (Lipinski definition) is 2. The number of phenolic OH excluding ortho intramolecular Hbond substituents is 1. The molecule has 0 radical (unpaired) electrons. The van der Waals surface area contributed by atoms with Gasteiger partial charge in [-0.3, -0.25) is 4.79 Å². The Hall–Kier alpha value is -1.51. The van der Waals surface area contributed by atoms with Gasteiger partial charge in [-0.25, -0.2) is 0 Å². The zero-order valence-electron chi connectivity index (χ0n) is 11.5. The lowest BCUT2D eigenvalue weighted by molar-refractivity contribution is -0.166. The molecule has 4 fully saturated rings. The van der Waals surface area contributed by atoms with Crippen LogP contribution in [0.25, 0.3) is 0 Å². The van der Waals surface area contributed by atoms with Crippen molar-refractivity contribution >= 4 is 5.97 Å². The molecule has 4 aliphatic rings. The highest BCUT2D eigenvalue weighted by Crippen LogP contribution is 2.64. The van der Waals surface area contributed by atoms with Crippen molar-refractivity contribution < 1.29 is 15.0 Å². The van der Waals surface area contributed by atoms with Crippen molar-refractivity contribution in [2.75, 3.05) is 0 Å². The van der Waals surface area contributed by atoms with Crippen LogP contribution in [-0.4, -0.2) is 16.2 Å². The molecule has 1 aromatic rings. The van der Waals surface area contributed by atoms with Crippen molar-refractivity contribution in [1.82, 2.24) is 0 Å². The van der Waals surface area contributed by atoms with Crippen LogP contribution in [0, 0.1) is 23.2 Å². The average molecular weight is 272 g/mol. The summed E-state index contributed by atoms with van der Waals surface area (Å²) in [7, 11) is 0. The van der Waals surface area contributed by atoms with Crippen molar-refractivity contribution in [2.24, 2.45) is 23.2 Å². The van der Waals surface area contributed by atoms with Gasteiger partial charge in [0.15, 0.2) is 0 Å². The van der Waals surface area contributed by atoms with Crippen LogP contribution in [0.4, 0.5) is 0 Å². The first kappa shape index (κ1) is 12.2. The Morgan fingerprint density at radius 3 is 2.20 bits per heavy atom. The Labute approximate surface area is 118 Å². The Bertz CT molecular complexity index is 532. The Morgan fingerprint density at radius 2 is 1.65 bits per heavy atom. The number of hydrogen-bond donors (Lipinski definition) is 2. The molecule has 3 heteroatoms. The quantitative estimate of drug-likeness (QED) is 0.867. The lowest BCUT2D eigenvalue weighted by atomic mass is 9.45. The molecule has 4 bridgehead atoms. The molecule has 4 aliphatic carbocycles. The summed E-state index contributed by atoms with van der Waals surface area (Å²) < 4.78 is 0. The third-order valence-corrected chi connectivity index (χ3v) is 6.00. The van der Waals surface area contributed by atoms with E-state index >= 15 is 0 Å². The lowest BCUT2D eigenvalue weighted by Gasteiger charge is -2.58. The number of phenols is 1. The Morgan fingerprint density at radius 1 is 1.05 bits per heavy atom. The number of benzene rings is 1. The highest BCUT2D eigenvalue weighted by atomic mass is 16.4. The van der Waals surface area contributed by atoms with E-state index in [-0.39, 0.29) is 0 Å². The first-order valence-electron chi connectivity index (χ1n) is 7.60. The fourth-order valence-corrected chi connectivity index (χ4v) is 5.53. The van der Waals surface area contributed by atoms with E-state index in [4.69, 9.17) is 0 Å². The topological polar surface area (TPSA) is 57.5 Å². The first-order valence-corrected chi connectivity index (χ1v) is 7.60. The normalized spacial score (nSPS) is 41.8. The fourth-order valence-electron chi connectivity index (χ4n) is 5.53. The number of aromatic hydroxyl groups is 1. The monoisotopic (exact) mass is 272 g/mol. The smallest absolute Gasteiger partial charge is 0.309 e. The molecule has 3 nitrogen and oxygen atoms in total. The van der Waals surface area contributed by atoms with Gasteiger partial charge in [-0.2, -0.15) is 0 Å². The minimum atomic E-state index is -0.568. The second-order valence-electron chi connectivity index (χ2n) is 7.17. The van der Waals surface area contributed by atoms with Gasteiger partial charge in [0, 0.05) is 0 Å². The van der Waals surface area contributed by atoms with Gasteiger partial charge in [0.05, 0.1) is 5.41 Å². The van der Waals surface area contributed by atoms with Gasteiger partial charge < -0.3 is 10.2 Å². The number of aliphatic carboxylic acids is 1. The van der Waals surface area contributed by atoms with E-state index in [1.54, 1.807) is 12.1 Å². The molecule has 0 heterocycles. The molecule has 0 aliphatic heterocycles. The Kier molecular flexibility index (Phi) is 2.45. The zero-order chi connectivity index (χ0) is 13.9. The third-order valence-electron chi connectivity index (χ3n) is 6.00. The lowest BCUT2D eigenvalue weighted by Crippen LogP contribution is -2.53. The van der Waals surface area contributed by atoms with Gasteiger partial charge in [-0.1, -0.05) is 12.1 Å². The molecule has 1 aromatic carbocycles. The summed E-state index contributed by atoms with van der Waals surface area (Å²) in [6.07, 6.45) is 4.98. The predicted molar refractivity (Wildman–Crippen MR) is 74.5 cm³/mol. The van der Waals surface area contributed by atoms with Gasteiger partial charge in [-0.05, 0) is 73.5 Å². The fraction of sp³-hybridized carbons (Fsp3) is 0.588. The maximum atomic E-state index is 11.7.